The molecule has 0 saturated heterocycles. The van der Waals surface area contributed by atoms with E-state index >= 15 is 0 Å². The zero-order valence-corrected chi connectivity index (χ0v) is 13.1. The second-order valence-corrected chi connectivity index (χ2v) is 7.16. The fourth-order valence-corrected chi connectivity index (χ4v) is 4.36. The second kappa shape index (κ2) is 5.36. The summed E-state index contributed by atoms with van der Waals surface area (Å²) in [5.41, 5.74) is 0.795. The number of hydrogen-bond donors (Lipinski definition) is 0. The molecule has 0 amide bonds. The first-order valence-electron chi connectivity index (χ1n) is 6.69. The molecular formula is C16H15O5P. The van der Waals surface area contributed by atoms with Gasteiger partial charge in [0.1, 0.15) is 5.75 Å². The first-order chi connectivity index (χ1) is 10.6. The Morgan fingerprint density at radius 1 is 0.955 bits per heavy atom. The predicted molar refractivity (Wildman–Crippen MR) is 81.1 cm³/mol. The molecule has 2 aromatic rings. The highest BCUT2D eigenvalue weighted by Gasteiger charge is 2.64. The molecule has 1 heterocycles. The standard InChI is InChI=1S/C16H15O5P/c1-19-22(18,20-2)16(12-8-4-3-5-9-12)15(17)13-10-6-7-11-14(13)21-16/h3-11H,1-2H3. The molecule has 6 heteroatoms. The normalized spacial score (nSPS) is 20.5. The van der Waals surface area contributed by atoms with E-state index in [0.717, 1.165) is 0 Å². The molecule has 0 N–H and O–H groups in total. The van der Waals surface area contributed by atoms with Crippen molar-refractivity contribution in [3.63, 3.8) is 0 Å². The van der Waals surface area contributed by atoms with Gasteiger partial charge in [-0.15, -0.1) is 0 Å². The van der Waals surface area contributed by atoms with Crippen LogP contribution < -0.4 is 4.74 Å². The number of ether oxygens (including phenoxy) is 1. The molecule has 0 spiro atoms. The molecule has 22 heavy (non-hydrogen) atoms. The Kier molecular flexibility index (Phi) is 3.65. The maximum atomic E-state index is 13.2. The Morgan fingerprint density at radius 3 is 2.14 bits per heavy atom. The van der Waals surface area contributed by atoms with Crippen molar-refractivity contribution in [2.45, 2.75) is 5.34 Å². The Hall–Kier alpha value is -1.94. The van der Waals surface area contributed by atoms with Crippen molar-refractivity contribution in [1.29, 1.82) is 0 Å². The summed E-state index contributed by atoms with van der Waals surface area (Å²) in [6.45, 7) is 0. The lowest BCUT2D eigenvalue weighted by Gasteiger charge is -2.32. The molecule has 0 saturated carbocycles. The lowest BCUT2D eigenvalue weighted by molar-refractivity contribution is 0.0684. The number of rotatable bonds is 4. The summed E-state index contributed by atoms with van der Waals surface area (Å²) in [7, 11) is -1.40. The monoisotopic (exact) mass is 318 g/mol. The van der Waals surface area contributed by atoms with Crippen molar-refractivity contribution in [1.82, 2.24) is 0 Å². The van der Waals surface area contributed by atoms with Crippen LogP contribution >= 0.6 is 7.60 Å². The van der Waals surface area contributed by atoms with Gasteiger partial charge in [-0.3, -0.25) is 9.36 Å². The highest BCUT2D eigenvalue weighted by atomic mass is 31.2. The van der Waals surface area contributed by atoms with Crippen molar-refractivity contribution in [3.05, 3.63) is 65.7 Å². The Bertz CT molecular complexity index is 750. The van der Waals surface area contributed by atoms with E-state index < -0.39 is 18.7 Å². The smallest absolute Gasteiger partial charge is 0.386 e. The summed E-state index contributed by atoms with van der Waals surface area (Å²) in [6.07, 6.45) is 0. The zero-order chi connectivity index (χ0) is 15.8. The van der Waals surface area contributed by atoms with Crippen LogP contribution in [0.1, 0.15) is 15.9 Å². The fourth-order valence-electron chi connectivity index (χ4n) is 2.66. The predicted octanol–water partition coefficient (Wildman–Crippen LogP) is 3.60. The van der Waals surface area contributed by atoms with Gasteiger partial charge < -0.3 is 13.8 Å². The summed E-state index contributed by atoms with van der Waals surface area (Å²) in [6, 6.07) is 15.4. The quantitative estimate of drug-likeness (QED) is 0.806. The summed E-state index contributed by atoms with van der Waals surface area (Å²) in [5.74, 6) is -0.0630. The van der Waals surface area contributed by atoms with Crippen molar-refractivity contribution >= 4 is 13.4 Å². The Morgan fingerprint density at radius 2 is 1.55 bits per heavy atom. The maximum Gasteiger partial charge on any atom is 0.386 e. The number of ketones is 1. The van der Waals surface area contributed by atoms with Crippen LogP contribution in [0.2, 0.25) is 0 Å². The molecule has 0 radical (unpaired) electrons. The second-order valence-electron chi connectivity index (χ2n) is 4.80. The van der Waals surface area contributed by atoms with Crippen LogP contribution in [0.3, 0.4) is 0 Å². The minimum absolute atomic E-state index is 0.362. The van der Waals surface area contributed by atoms with Gasteiger partial charge in [0.2, 0.25) is 5.78 Å². The zero-order valence-electron chi connectivity index (χ0n) is 12.2. The lowest BCUT2D eigenvalue weighted by Crippen LogP contribution is -2.38. The van der Waals surface area contributed by atoms with E-state index in [9.17, 15) is 9.36 Å². The van der Waals surface area contributed by atoms with Gasteiger partial charge in [0.25, 0.3) is 5.34 Å². The molecule has 1 unspecified atom stereocenters. The topological polar surface area (TPSA) is 61.8 Å². The molecule has 1 aliphatic heterocycles. The molecule has 0 aliphatic carbocycles. The molecule has 2 aromatic carbocycles. The van der Waals surface area contributed by atoms with Gasteiger partial charge in [-0.1, -0.05) is 42.5 Å². The number of para-hydroxylation sites is 1. The molecule has 114 valence electrons. The van der Waals surface area contributed by atoms with E-state index in [1.54, 1.807) is 54.6 Å². The first-order valence-corrected chi connectivity index (χ1v) is 8.23. The molecule has 1 aliphatic rings. The van der Waals surface area contributed by atoms with Crippen molar-refractivity contribution in [2.75, 3.05) is 14.2 Å². The van der Waals surface area contributed by atoms with E-state index in [2.05, 4.69) is 0 Å². The summed E-state index contributed by atoms with van der Waals surface area (Å²) in [5, 5.41) is -1.82. The molecular weight excluding hydrogens is 303 g/mol. The third-order valence-corrected chi connectivity index (χ3v) is 6.01. The fraction of sp³-hybridized carbons (Fsp3) is 0.188. The number of fused-ring (bicyclic) bond motifs is 1. The van der Waals surface area contributed by atoms with Crippen LogP contribution in [-0.2, 0) is 19.0 Å². The summed E-state index contributed by atoms with van der Waals surface area (Å²) >= 11 is 0. The average Bonchev–Trinajstić information content (AvgIpc) is 2.89. The van der Waals surface area contributed by atoms with Crippen molar-refractivity contribution in [3.8, 4) is 5.75 Å². The minimum atomic E-state index is -3.89. The van der Waals surface area contributed by atoms with E-state index in [4.69, 9.17) is 13.8 Å². The molecule has 1 atom stereocenters. The Labute approximate surface area is 128 Å². The minimum Gasteiger partial charge on any atom is -0.461 e. The van der Waals surface area contributed by atoms with Gasteiger partial charge in [0, 0.05) is 19.8 Å². The van der Waals surface area contributed by atoms with Crippen LogP contribution in [0.15, 0.2) is 54.6 Å². The van der Waals surface area contributed by atoms with Gasteiger partial charge in [-0.25, -0.2) is 0 Å². The Balaban J connectivity index is 2.29. The largest absolute Gasteiger partial charge is 0.461 e. The molecule has 0 bridgehead atoms. The number of carbonyl (C=O) groups excluding carboxylic acids is 1. The SMILES string of the molecule is COP(=O)(OC)C1(c2ccccc2)Oc2ccccc2C1=O. The van der Waals surface area contributed by atoms with Crippen molar-refractivity contribution < 1.29 is 23.1 Å². The third kappa shape index (κ3) is 1.87. The number of benzene rings is 2. The lowest BCUT2D eigenvalue weighted by atomic mass is 10.0. The van der Waals surface area contributed by atoms with E-state index in [1.807, 2.05) is 0 Å². The average molecular weight is 318 g/mol. The van der Waals surface area contributed by atoms with Gasteiger partial charge in [0.15, 0.2) is 0 Å². The summed E-state index contributed by atoms with van der Waals surface area (Å²) < 4.78 is 29.3. The summed E-state index contributed by atoms with van der Waals surface area (Å²) in [4.78, 5) is 13.0. The van der Waals surface area contributed by atoms with E-state index in [-0.39, 0.29) is 0 Å². The van der Waals surface area contributed by atoms with Gasteiger partial charge in [0.05, 0.1) is 5.56 Å². The first kappa shape index (κ1) is 15.0. The number of Topliss-reactive ketones (excluding diaryl/α,β-unsaturated/α-hetero) is 1. The van der Waals surface area contributed by atoms with Crippen LogP contribution in [0, 0.1) is 0 Å². The molecule has 0 fully saturated rings. The van der Waals surface area contributed by atoms with Gasteiger partial charge >= 0.3 is 7.60 Å². The highest BCUT2D eigenvalue weighted by molar-refractivity contribution is 7.56. The highest BCUT2D eigenvalue weighted by Crippen LogP contribution is 2.67. The van der Waals surface area contributed by atoms with Crippen LogP contribution in [0.5, 0.6) is 5.75 Å². The number of carbonyl (C=O) groups is 1. The van der Waals surface area contributed by atoms with Crippen LogP contribution in [0.25, 0.3) is 0 Å². The van der Waals surface area contributed by atoms with E-state index in [1.165, 1.54) is 14.2 Å². The van der Waals surface area contributed by atoms with Crippen molar-refractivity contribution in [2.24, 2.45) is 0 Å². The van der Waals surface area contributed by atoms with Crippen LogP contribution in [-0.4, -0.2) is 20.0 Å². The van der Waals surface area contributed by atoms with Gasteiger partial charge in [-0.05, 0) is 12.1 Å². The van der Waals surface area contributed by atoms with Crippen LogP contribution in [0.4, 0.5) is 0 Å². The molecule has 5 nitrogen and oxygen atoms in total. The third-order valence-electron chi connectivity index (χ3n) is 3.73. The molecule has 3 rings (SSSR count). The van der Waals surface area contributed by atoms with Gasteiger partial charge in [-0.2, -0.15) is 0 Å². The maximum absolute atomic E-state index is 13.2. The number of hydrogen-bond acceptors (Lipinski definition) is 5. The van der Waals surface area contributed by atoms with E-state index in [0.29, 0.717) is 16.9 Å². The molecule has 0 aromatic heterocycles.